The van der Waals surface area contributed by atoms with Crippen molar-refractivity contribution < 1.29 is 17.9 Å². The van der Waals surface area contributed by atoms with Gasteiger partial charge in [0.1, 0.15) is 5.82 Å². The van der Waals surface area contributed by atoms with E-state index < -0.39 is 10.0 Å². The molecule has 3 aromatic rings. The molecule has 0 radical (unpaired) electrons. The molecule has 8 nitrogen and oxygen atoms in total. The second-order valence-electron chi connectivity index (χ2n) is 8.68. The number of carbonyl (C=O) groups is 1. The predicted octanol–water partition coefficient (Wildman–Crippen LogP) is 3.54. The molecule has 9 heteroatoms. The van der Waals surface area contributed by atoms with Gasteiger partial charge in [0.15, 0.2) is 0 Å². The summed E-state index contributed by atoms with van der Waals surface area (Å²) in [7, 11) is -3.86. The molecule has 1 amide bonds. The molecule has 33 heavy (non-hydrogen) atoms. The van der Waals surface area contributed by atoms with Gasteiger partial charge in [-0.3, -0.25) is 4.79 Å². The van der Waals surface area contributed by atoms with Gasteiger partial charge in [-0.2, -0.15) is 0 Å². The fourth-order valence-electron chi connectivity index (χ4n) is 4.16. The molecule has 1 aliphatic rings. The molecule has 0 spiro atoms. The van der Waals surface area contributed by atoms with Crippen molar-refractivity contribution in [2.75, 3.05) is 19.8 Å². The average molecular weight is 471 g/mol. The van der Waals surface area contributed by atoms with Crippen LogP contribution in [0, 0.1) is 5.92 Å². The van der Waals surface area contributed by atoms with Crippen LogP contribution in [-0.4, -0.2) is 47.6 Å². The molecule has 2 aromatic heterocycles. The number of benzene rings is 1. The number of aromatic nitrogens is 3. The smallest absolute Gasteiger partial charge is 0.267 e. The van der Waals surface area contributed by atoms with E-state index in [0.29, 0.717) is 18.0 Å². The Bertz CT molecular complexity index is 1270. The lowest BCUT2D eigenvalue weighted by Gasteiger charge is -2.24. The summed E-state index contributed by atoms with van der Waals surface area (Å²) in [5.74, 6) is 1.32. The number of carbonyl (C=O) groups excluding carboxylic acids is 1. The van der Waals surface area contributed by atoms with Crippen LogP contribution in [0.4, 0.5) is 0 Å². The van der Waals surface area contributed by atoms with Gasteiger partial charge in [0.05, 0.1) is 21.5 Å². The maximum Gasteiger partial charge on any atom is 0.267 e. The molecule has 1 fully saturated rings. The summed E-state index contributed by atoms with van der Waals surface area (Å²) < 4.78 is 35.3. The number of hydrogen-bond acceptors (Lipinski definition) is 5. The Morgan fingerprint density at radius 2 is 2.06 bits per heavy atom. The van der Waals surface area contributed by atoms with Gasteiger partial charge in [-0.25, -0.2) is 17.4 Å². The van der Waals surface area contributed by atoms with Crippen LogP contribution in [0.25, 0.3) is 11.0 Å². The van der Waals surface area contributed by atoms with E-state index in [1.807, 2.05) is 6.07 Å². The first-order chi connectivity index (χ1) is 15.8. The molecule has 0 bridgehead atoms. The Balaban J connectivity index is 1.67. The maximum atomic E-state index is 13.2. The van der Waals surface area contributed by atoms with Crippen LogP contribution in [-0.2, 0) is 21.3 Å². The molecule has 1 saturated heterocycles. The van der Waals surface area contributed by atoms with E-state index in [2.05, 4.69) is 30.3 Å². The molecule has 0 atom stereocenters. The van der Waals surface area contributed by atoms with E-state index in [1.54, 1.807) is 18.2 Å². The number of rotatable bonds is 8. The van der Waals surface area contributed by atoms with Crippen molar-refractivity contribution in [3.63, 3.8) is 0 Å². The van der Waals surface area contributed by atoms with Crippen molar-refractivity contribution in [2.24, 2.45) is 5.92 Å². The van der Waals surface area contributed by atoms with Crippen molar-refractivity contribution in [3.05, 3.63) is 60.7 Å². The number of ether oxygens (including phenoxy) is 1. The topological polar surface area (TPSA) is 95.2 Å². The molecule has 3 heterocycles. The van der Waals surface area contributed by atoms with E-state index in [1.165, 1.54) is 18.5 Å². The predicted molar refractivity (Wildman–Crippen MR) is 127 cm³/mol. The highest BCUT2D eigenvalue weighted by Gasteiger charge is 2.23. The third-order valence-electron chi connectivity index (χ3n) is 5.96. The van der Waals surface area contributed by atoms with Crippen molar-refractivity contribution in [1.29, 1.82) is 0 Å². The summed E-state index contributed by atoms with van der Waals surface area (Å²) >= 11 is 0. The van der Waals surface area contributed by atoms with Gasteiger partial charge in [-0.15, -0.1) is 6.58 Å². The van der Waals surface area contributed by atoms with Gasteiger partial charge in [-0.1, -0.05) is 19.9 Å². The lowest BCUT2D eigenvalue weighted by atomic mass is 10.00. The molecule has 176 valence electrons. The minimum absolute atomic E-state index is 0.134. The maximum absolute atomic E-state index is 13.2. The molecular formula is C24H30N4O4S. The highest BCUT2D eigenvalue weighted by molar-refractivity contribution is 7.90. The normalized spacial score (nSPS) is 15.2. The number of nitrogens with one attached hydrogen (secondary N) is 1. The van der Waals surface area contributed by atoms with Gasteiger partial charge in [-0.05, 0) is 43.0 Å². The number of fused-ring (bicyclic) bond motifs is 1. The summed E-state index contributed by atoms with van der Waals surface area (Å²) in [5.41, 5.74) is 1.86. The SMILES string of the molecule is C=CCNC(=O)c1ccn(S(=O)(=O)c2ccc3c(c2)nc(C(C)C)n3CC2CCOCC2)c1. The number of amides is 1. The Morgan fingerprint density at radius 3 is 2.76 bits per heavy atom. The zero-order valence-corrected chi connectivity index (χ0v) is 19.8. The minimum Gasteiger partial charge on any atom is -0.381 e. The van der Waals surface area contributed by atoms with Crippen LogP contribution in [0.1, 0.15) is 48.8 Å². The fourth-order valence-corrected chi connectivity index (χ4v) is 5.38. The van der Waals surface area contributed by atoms with Crippen LogP contribution in [0.15, 0.2) is 54.2 Å². The van der Waals surface area contributed by atoms with Gasteiger partial charge in [0, 0.05) is 44.6 Å². The van der Waals surface area contributed by atoms with E-state index in [4.69, 9.17) is 9.72 Å². The first-order valence-electron chi connectivity index (χ1n) is 11.2. The quantitative estimate of drug-likeness (QED) is 0.508. The van der Waals surface area contributed by atoms with Crippen molar-refractivity contribution in [3.8, 4) is 0 Å². The van der Waals surface area contributed by atoms with Crippen LogP contribution in [0.2, 0.25) is 0 Å². The highest BCUT2D eigenvalue weighted by Crippen LogP contribution is 2.28. The minimum atomic E-state index is -3.86. The molecule has 0 unspecified atom stereocenters. The second kappa shape index (κ2) is 9.52. The van der Waals surface area contributed by atoms with Crippen molar-refractivity contribution >= 4 is 27.0 Å². The van der Waals surface area contributed by atoms with Gasteiger partial charge < -0.3 is 14.6 Å². The standard InChI is InChI=1S/C24H30N4O4S/c1-4-10-25-24(29)19-7-11-27(16-19)33(30,31)20-5-6-22-21(14-20)26-23(17(2)3)28(22)15-18-8-12-32-13-9-18/h4-7,11,14,16-18H,1,8-10,12-13,15H2,2-3H3,(H,25,29). The summed E-state index contributed by atoms with van der Waals surface area (Å²) in [6.07, 6.45) is 6.29. The van der Waals surface area contributed by atoms with Crippen LogP contribution in [0.3, 0.4) is 0 Å². The zero-order valence-electron chi connectivity index (χ0n) is 19.0. The highest BCUT2D eigenvalue weighted by atomic mass is 32.2. The molecular weight excluding hydrogens is 440 g/mol. The number of nitrogens with zero attached hydrogens (tertiary/aromatic N) is 3. The largest absolute Gasteiger partial charge is 0.381 e. The summed E-state index contributed by atoms with van der Waals surface area (Å²) in [6, 6.07) is 6.55. The first kappa shape index (κ1) is 23.3. The van der Waals surface area contributed by atoms with Crippen LogP contribution < -0.4 is 5.32 Å². The van der Waals surface area contributed by atoms with Crippen molar-refractivity contribution in [2.45, 2.75) is 44.0 Å². The molecule has 1 aliphatic heterocycles. The third kappa shape index (κ3) is 4.74. The first-order valence-corrected chi connectivity index (χ1v) is 12.7. The molecule has 0 aliphatic carbocycles. The third-order valence-corrected chi connectivity index (χ3v) is 7.59. The zero-order chi connectivity index (χ0) is 23.6. The van der Waals surface area contributed by atoms with Gasteiger partial charge >= 0.3 is 0 Å². The summed E-state index contributed by atoms with van der Waals surface area (Å²) in [6.45, 7) is 10.5. The average Bonchev–Trinajstić information content (AvgIpc) is 3.44. The Kier molecular flexibility index (Phi) is 6.71. The van der Waals surface area contributed by atoms with E-state index >= 15 is 0 Å². The van der Waals surface area contributed by atoms with E-state index in [9.17, 15) is 13.2 Å². The fraction of sp³-hybridized carbons (Fsp3) is 0.417. The van der Waals surface area contributed by atoms with Gasteiger partial charge in [0.2, 0.25) is 0 Å². The van der Waals surface area contributed by atoms with E-state index in [0.717, 1.165) is 47.9 Å². The summed E-state index contributed by atoms with van der Waals surface area (Å²) in [5, 5.41) is 2.64. The number of imidazole rings is 1. The monoisotopic (exact) mass is 470 g/mol. The Labute approximate surface area is 194 Å². The number of hydrogen-bond donors (Lipinski definition) is 1. The molecule has 0 saturated carbocycles. The Morgan fingerprint density at radius 1 is 1.30 bits per heavy atom. The van der Waals surface area contributed by atoms with Crippen LogP contribution >= 0.6 is 0 Å². The lowest BCUT2D eigenvalue weighted by molar-refractivity contribution is 0.0613. The summed E-state index contributed by atoms with van der Waals surface area (Å²) in [4.78, 5) is 17.1. The van der Waals surface area contributed by atoms with Crippen molar-refractivity contribution in [1.82, 2.24) is 18.8 Å². The molecule has 1 N–H and O–H groups in total. The van der Waals surface area contributed by atoms with Crippen LogP contribution in [0.5, 0.6) is 0 Å². The molecule has 1 aromatic carbocycles. The second-order valence-corrected chi connectivity index (χ2v) is 10.5. The Hall–Kier alpha value is -2.91. The van der Waals surface area contributed by atoms with Gasteiger partial charge in [0.25, 0.3) is 15.9 Å². The van der Waals surface area contributed by atoms with E-state index in [-0.39, 0.29) is 22.3 Å². The molecule has 4 rings (SSSR count). The lowest BCUT2D eigenvalue weighted by Crippen LogP contribution is -2.22.